The molecule has 0 aromatic rings. The molecule has 0 aromatic carbocycles. The Morgan fingerprint density at radius 3 is 0.883 bits per heavy atom. The second kappa shape index (κ2) is 23.4. The molecule has 0 aliphatic rings. The molecule has 77 heavy (non-hydrogen) atoms. The fourth-order valence-corrected chi connectivity index (χ4v) is 4.98. The van der Waals surface area contributed by atoms with Gasteiger partial charge in [-0.05, 0) is 59.3 Å². The smallest absolute Gasteiger partial charge is 0.462 e. The minimum absolute atomic E-state index is 0.118. The van der Waals surface area contributed by atoms with Crippen LogP contribution >= 0.6 is 0 Å². The molecule has 0 radical (unpaired) electrons. The number of carbonyl (C=O) groups is 1. The van der Waals surface area contributed by atoms with Crippen molar-refractivity contribution in [1.29, 1.82) is 0 Å². The summed E-state index contributed by atoms with van der Waals surface area (Å²) in [6.07, 6.45) is -91.3. The Morgan fingerprint density at radius 2 is 0.636 bits per heavy atom. The number of hydrogen-bond donors (Lipinski definition) is 0. The number of carbonyl (C=O) groups excluding carboxylic acids is 1. The first-order chi connectivity index (χ1) is 33.4. The van der Waals surface area contributed by atoms with Crippen LogP contribution in [-0.4, -0.2) is 128 Å². The Balaban J connectivity index is 6.64. The van der Waals surface area contributed by atoms with Gasteiger partial charge in [-0.2, -0.15) is 140 Å². The topological polar surface area (TPSA) is 81.7 Å². The summed E-state index contributed by atoms with van der Waals surface area (Å²) in [6, 6.07) is 0. The van der Waals surface area contributed by atoms with Crippen molar-refractivity contribution in [1.82, 2.24) is 0 Å². The maximum absolute atomic E-state index is 15.0. The lowest BCUT2D eigenvalue weighted by Gasteiger charge is -2.40. The van der Waals surface area contributed by atoms with Gasteiger partial charge in [0.05, 0.1) is 25.2 Å². The van der Waals surface area contributed by atoms with E-state index in [1.54, 1.807) is 0 Å². The molecule has 8 nitrogen and oxygen atoms in total. The number of alkyl halides is 34. The van der Waals surface area contributed by atoms with Crippen LogP contribution < -0.4 is 0 Å². The zero-order chi connectivity index (χ0) is 62.0. The molecule has 462 valence electrons. The van der Waals surface area contributed by atoms with E-state index in [2.05, 4.69) is 9.47 Å². The van der Waals surface area contributed by atoms with Crippen LogP contribution in [0.1, 0.15) is 85.5 Å². The summed E-state index contributed by atoms with van der Waals surface area (Å²) in [5, 5.41) is 0. The van der Waals surface area contributed by atoms with E-state index in [0.29, 0.717) is 6.92 Å². The molecule has 4 atom stereocenters. The van der Waals surface area contributed by atoms with Crippen LogP contribution in [-0.2, 0) is 38.0 Å². The van der Waals surface area contributed by atoms with Crippen molar-refractivity contribution in [3.63, 3.8) is 0 Å². The largest absolute Gasteiger partial charge is 0.465 e. The molecule has 4 unspecified atom stereocenters. The van der Waals surface area contributed by atoms with Crippen molar-refractivity contribution < 1.29 is 187 Å². The van der Waals surface area contributed by atoms with E-state index in [1.165, 1.54) is 30.2 Å². The van der Waals surface area contributed by atoms with Gasteiger partial charge in [0, 0.05) is 19.3 Å². The summed E-state index contributed by atoms with van der Waals surface area (Å²) < 4.78 is 481. The van der Waals surface area contributed by atoms with Gasteiger partial charge in [-0.1, -0.05) is 6.92 Å². The molecular weight excluding hydrogens is 1190 g/mol. The van der Waals surface area contributed by atoms with Crippen LogP contribution in [0.4, 0.5) is 149 Å². The highest BCUT2D eigenvalue weighted by Gasteiger charge is 2.87. The summed E-state index contributed by atoms with van der Waals surface area (Å²) in [5.74, 6) is -48.9. The molecule has 0 heterocycles. The monoisotopic (exact) mass is 1230 g/mol. The van der Waals surface area contributed by atoms with Crippen LogP contribution in [0.15, 0.2) is 0 Å². The van der Waals surface area contributed by atoms with Crippen LogP contribution in [0, 0.1) is 5.41 Å². The molecule has 0 saturated heterocycles. The van der Waals surface area contributed by atoms with Crippen molar-refractivity contribution in [3.8, 4) is 0 Å². The van der Waals surface area contributed by atoms with Crippen molar-refractivity contribution in [2.75, 3.05) is 19.8 Å². The van der Waals surface area contributed by atoms with Crippen molar-refractivity contribution in [2.45, 2.75) is 188 Å². The van der Waals surface area contributed by atoms with Gasteiger partial charge < -0.3 is 14.2 Å². The van der Waals surface area contributed by atoms with Gasteiger partial charge >= 0.3 is 103 Å². The first kappa shape index (κ1) is 73.8. The van der Waals surface area contributed by atoms with Crippen molar-refractivity contribution in [2.24, 2.45) is 5.41 Å². The van der Waals surface area contributed by atoms with E-state index in [0.717, 1.165) is 0 Å². The molecule has 0 aliphatic carbocycles. The fourth-order valence-electron chi connectivity index (χ4n) is 4.98. The summed E-state index contributed by atoms with van der Waals surface area (Å²) in [6.45, 7) is 1.55. The molecule has 0 aliphatic heterocycles. The minimum atomic E-state index is -8.20. The van der Waals surface area contributed by atoms with E-state index in [-0.39, 0.29) is 6.42 Å². The zero-order valence-corrected chi connectivity index (χ0v) is 38.1. The van der Waals surface area contributed by atoms with Crippen LogP contribution in [0.3, 0.4) is 0 Å². The third kappa shape index (κ3) is 16.7. The van der Waals surface area contributed by atoms with Gasteiger partial charge in [-0.3, -0.25) is 23.7 Å². The number of rotatable bonds is 30. The van der Waals surface area contributed by atoms with Gasteiger partial charge in [0.1, 0.15) is 0 Å². The van der Waals surface area contributed by atoms with Gasteiger partial charge in [0.15, 0.2) is 5.79 Å². The quantitative estimate of drug-likeness (QED) is 0.0305. The van der Waals surface area contributed by atoms with Crippen molar-refractivity contribution in [3.05, 3.63) is 0 Å². The van der Waals surface area contributed by atoms with Gasteiger partial charge in [0.2, 0.25) is 0 Å². The maximum Gasteiger partial charge on any atom is 0.462 e. The standard InChI is InChI=1S/C35H36F34O8/c1-5-18(2,3)17(70)71-14-10-11-19(4,72-15-8-6-12-20(36,26(44,45)46)74-34(66,67)24(42,30(56,57)58)76-32(62,63)22(38,39)28(50,51)52)73-16-9-7-13-21(37,27(47,48)49)75-35(68,69)25(43,31(59,60)61)77-33(64,65)23(40,41)29(53,54)55/h5-16H2,1-4H3. The molecule has 0 saturated carbocycles. The maximum atomic E-state index is 15.0. The van der Waals surface area contributed by atoms with Crippen LogP contribution in [0.5, 0.6) is 0 Å². The summed E-state index contributed by atoms with van der Waals surface area (Å²) in [7, 11) is 0. The third-order valence-corrected chi connectivity index (χ3v) is 9.93. The number of halogens is 34. The predicted octanol–water partition coefficient (Wildman–Crippen LogP) is 15.6. The van der Waals surface area contributed by atoms with E-state index in [1.807, 2.05) is 0 Å². The predicted molar refractivity (Wildman–Crippen MR) is 178 cm³/mol. The average molecular weight is 1230 g/mol. The second-order valence-electron chi connectivity index (χ2n) is 16.5. The summed E-state index contributed by atoms with van der Waals surface area (Å²) in [4.78, 5) is 12.3. The van der Waals surface area contributed by atoms with E-state index in [9.17, 15) is 154 Å². The molecule has 0 bridgehead atoms. The van der Waals surface area contributed by atoms with Crippen LogP contribution in [0.25, 0.3) is 0 Å². The molecule has 0 spiro atoms. The third-order valence-electron chi connectivity index (χ3n) is 9.93. The summed E-state index contributed by atoms with van der Waals surface area (Å²) in [5.41, 5.74) is -1.20. The normalized spacial score (nSPS) is 19.0. The highest BCUT2D eigenvalue weighted by atomic mass is 19.5. The number of ether oxygens (including phenoxy) is 7. The Hall–Kier alpha value is -3.15. The highest BCUT2D eigenvalue weighted by molar-refractivity contribution is 5.75. The molecule has 0 amide bonds. The molecule has 0 rings (SSSR count). The first-order valence-electron chi connectivity index (χ1n) is 20.1. The molecule has 0 fully saturated rings. The SMILES string of the molecule is CCC(C)(C)C(=O)OCCCC(C)(OCCCCC(F)(OC(F)(F)C(F)(OC(F)(F)C(F)(F)C(F)(F)F)C(F)(F)F)C(F)(F)F)OCCCCC(F)(OC(F)(F)C(F)(OC(F)(F)C(F)(F)C(F)(F)F)C(F)(F)F)C(F)(F)F. The van der Waals surface area contributed by atoms with Gasteiger partial charge in [-0.25, -0.2) is 8.78 Å². The Kier molecular flexibility index (Phi) is 22.4. The van der Waals surface area contributed by atoms with E-state index in [4.69, 9.17) is 14.2 Å². The molecular formula is C35H36F34O8. The molecule has 0 N–H and O–H groups in total. The summed E-state index contributed by atoms with van der Waals surface area (Å²) >= 11 is 0. The lowest BCUT2D eigenvalue weighted by atomic mass is 9.91. The number of esters is 1. The lowest BCUT2D eigenvalue weighted by Crippen LogP contribution is -2.67. The minimum Gasteiger partial charge on any atom is -0.465 e. The fraction of sp³-hybridized carbons (Fsp3) is 0.971. The Bertz CT molecular complexity index is 1780. The second-order valence-corrected chi connectivity index (χ2v) is 16.5. The molecule has 0 aromatic heterocycles. The Morgan fingerprint density at radius 1 is 0.338 bits per heavy atom. The average Bonchev–Trinajstić information content (AvgIpc) is 3.18. The number of unbranched alkanes of at least 4 members (excludes halogenated alkanes) is 2. The highest BCUT2D eigenvalue weighted by Crippen LogP contribution is 2.59. The van der Waals surface area contributed by atoms with E-state index >= 15 is 0 Å². The molecule has 42 heteroatoms. The van der Waals surface area contributed by atoms with Gasteiger partial charge in [-0.15, -0.1) is 0 Å². The lowest BCUT2D eigenvalue weighted by molar-refractivity contribution is -0.552. The van der Waals surface area contributed by atoms with Gasteiger partial charge in [0.25, 0.3) is 0 Å². The first-order valence-corrected chi connectivity index (χ1v) is 20.1. The Labute approximate surface area is 407 Å². The number of hydrogen-bond acceptors (Lipinski definition) is 8. The van der Waals surface area contributed by atoms with Crippen LogP contribution in [0.2, 0.25) is 0 Å². The van der Waals surface area contributed by atoms with Crippen molar-refractivity contribution >= 4 is 5.97 Å². The van der Waals surface area contributed by atoms with E-state index < -0.39 is 185 Å². The zero-order valence-electron chi connectivity index (χ0n) is 38.1.